The molecule has 2 N–H and O–H groups in total. The average molecular weight is 409 g/mol. The van der Waals surface area contributed by atoms with Crippen molar-refractivity contribution in [2.45, 2.75) is 48.1 Å². The van der Waals surface area contributed by atoms with Crippen molar-refractivity contribution in [2.75, 3.05) is 18.0 Å². The first-order chi connectivity index (χ1) is 12.6. The molecule has 138 valence electrons. The molecule has 0 bridgehead atoms. The van der Waals surface area contributed by atoms with Gasteiger partial charge in [-0.25, -0.2) is 9.97 Å². The summed E-state index contributed by atoms with van der Waals surface area (Å²) < 4.78 is 0. The molecule has 0 radical (unpaired) electrons. The highest BCUT2D eigenvalue weighted by molar-refractivity contribution is 7.99. The van der Waals surface area contributed by atoms with E-state index >= 15 is 0 Å². The van der Waals surface area contributed by atoms with E-state index in [9.17, 15) is 0 Å². The highest BCUT2D eigenvalue weighted by atomic mass is 35.5. The number of piperidine rings is 1. The van der Waals surface area contributed by atoms with Crippen LogP contribution in [-0.2, 0) is 0 Å². The lowest BCUT2D eigenvalue weighted by atomic mass is 9.74. The number of anilines is 1. The first-order valence-electron chi connectivity index (χ1n) is 9.02. The van der Waals surface area contributed by atoms with Crippen LogP contribution >= 0.6 is 35.0 Å². The lowest BCUT2D eigenvalue weighted by Gasteiger charge is -2.42. The topological polar surface area (TPSA) is 55.0 Å². The standard InChI is InChI=1S/C19H22Cl2N4S/c20-13-3-1-4-14(18(13)21)26-17-12-23-16(11-24-17)25-9-7-19(8-10-25)6-2-5-15(19)22/h1,3-4,11-12,15H,2,5-10,22H2/t15-/m1/s1. The second-order valence-corrected chi connectivity index (χ2v) is 9.06. The first kappa shape index (κ1) is 18.4. The van der Waals surface area contributed by atoms with Gasteiger partial charge in [-0.15, -0.1) is 0 Å². The predicted molar refractivity (Wildman–Crippen MR) is 108 cm³/mol. The van der Waals surface area contributed by atoms with Crippen LogP contribution in [0.2, 0.25) is 10.0 Å². The molecular weight excluding hydrogens is 387 g/mol. The fraction of sp³-hybridized carbons (Fsp3) is 0.474. The maximum atomic E-state index is 6.38. The SMILES string of the molecule is N[C@@H]1CCCC12CCN(c1cnc(Sc3cccc(Cl)c3Cl)cn1)CC2. The van der Waals surface area contributed by atoms with Crippen LogP contribution in [0, 0.1) is 5.41 Å². The number of rotatable bonds is 3. The first-order valence-corrected chi connectivity index (χ1v) is 10.6. The van der Waals surface area contributed by atoms with Crippen molar-refractivity contribution in [3.8, 4) is 0 Å². The third-order valence-corrected chi connectivity index (χ3v) is 7.72. The van der Waals surface area contributed by atoms with Crippen LogP contribution in [0.4, 0.5) is 5.82 Å². The van der Waals surface area contributed by atoms with Gasteiger partial charge in [0.25, 0.3) is 0 Å². The van der Waals surface area contributed by atoms with Gasteiger partial charge >= 0.3 is 0 Å². The summed E-state index contributed by atoms with van der Waals surface area (Å²) in [6, 6.07) is 5.97. The molecule has 2 heterocycles. The van der Waals surface area contributed by atoms with Gasteiger partial charge in [-0.05, 0) is 43.2 Å². The fourth-order valence-electron chi connectivity index (χ4n) is 4.17. The molecule has 26 heavy (non-hydrogen) atoms. The van der Waals surface area contributed by atoms with E-state index in [0.29, 0.717) is 21.5 Å². The Morgan fingerprint density at radius 2 is 1.92 bits per heavy atom. The predicted octanol–water partition coefficient (Wildman–Crippen LogP) is 5.03. The Balaban J connectivity index is 1.41. The summed E-state index contributed by atoms with van der Waals surface area (Å²) >= 11 is 13.8. The number of nitrogens with zero attached hydrogens (tertiary/aromatic N) is 3. The summed E-state index contributed by atoms with van der Waals surface area (Å²) in [6.07, 6.45) is 9.71. The number of halogens is 2. The van der Waals surface area contributed by atoms with Crippen molar-refractivity contribution in [1.82, 2.24) is 9.97 Å². The molecule has 2 aromatic rings. The van der Waals surface area contributed by atoms with Crippen LogP contribution in [0.15, 0.2) is 40.5 Å². The van der Waals surface area contributed by atoms with Gasteiger partial charge in [-0.3, -0.25) is 0 Å². The summed E-state index contributed by atoms with van der Waals surface area (Å²) in [5.41, 5.74) is 6.74. The van der Waals surface area contributed by atoms with Crippen LogP contribution in [0.25, 0.3) is 0 Å². The Morgan fingerprint density at radius 3 is 2.58 bits per heavy atom. The minimum Gasteiger partial charge on any atom is -0.355 e. The molecule has 0 amide bonds. The van der Waals surface area contributed by atoms with Gasteiger partial charge in [0.15, 0.2) is 0 Å². The number of aromatic nitrogens is 2. The average Bonchev–Trinajstić information content (AvgIpc) is 3.00. The Hall–Kier alpha value is -1.01. The van der Waals surface area contributed by atoms with Gasteiger partial charge < -0.3 is 10.6 Å². The Labute approximate surface area is 168 Å². The quantitative estimate of drug-likeness (QED) is 0.771. The zero-order valence-electron chi connectivity index (χ0n) is 14.5. The molecule has 1 saturated heterocycles. The molecule has 1 aromatic carbocycles. The molecule has 2 aliphatic rings. The minimum absolute atomic E-state index is 0.364. The number of hydrogen-bond acceptors (Lipinski definition) is 5. The summed E-state index contributed by atoms with van der Waals surface area (Å²) in [6.45, 7) is 2.02. The maximum absolute atomic E-state index is 6.38. The lowest BCUT2D eigenvalue weighted by Crippen LogP contribution is -2.47. The highest BCUT2D eigenvalue weighted by Crippen LogP contribution is 2.45. The fourth-order valence-corrected chi connectivity index (χ4v) is 5.42. The van der Waals surface area contributed by atoms with Gasteiger partial charge in [0.05, 0.1) is 22.4 Å². The van der Waals surface area contributed by atoms with Crippen molar-refractivity contribution >= 4 is 40.8 Å². The van der Waals surface area contributed by atoms with E-state index in [4.69, 9.17) is 28.9 Å². The van der Waals surface area contributed by atoms with E-state index in [0.717, 1.165) is 41.7 Å². The molecular formula is C19H22Cl2N4S. The normalized spacial score (nSPS) is 22.1. The summed E-state index contributed by atoms with van der Waals surface area (Å²) in [7, 11) is 0. The van der Waals surface area contributed by atoms with Crippen molar-refractivity contribution in [3.05, 3.63) is 40.6 Å². The van der Waals surface area contributed by atoms with E-state index in [1.807, 2.05) is 24.5 Å². The molecule has 4 nitrogen and oxygen atoms in total. The smallest absolute Gasteiger partial charge is 0.147 e. The monoisotopic (exact) mass is 408 g/mol. The summed E-state index contributed by atoms with van der Waals surface area (Å²) in [4.78, 5) is 12.4. The van der Waals surface area contributed by atoms with Gasteiger partial charge in [0.2, 0.25) is 0 Å². The van der Waals surface area contributed by atoms with Crippen LogP contribution < -0.4 is 10.6 Å². The summed E-state index contributed by atoms with van der Waals surface area (Å²) in [5.74, 6) is 0.938. The number of nitrogens with two attached hydrogens (primary N) is 1. The van der Waals surface area contributed by atoms with E-state index in [2.05, 4.69) is 14.9 Å². The van der Waals surface area contributed by atoms with Crippen molar-refractivity contribution in [3.63, 3.8) is 0 Å². The van der Waals surface area contributed by atoms with Crippen LogP contribution in [0.1, 0.15) is 32.1 Å². The molecule has 7 heteroatoms. The Morgan fingerprint density at radius 1 is 1.12 bits per heavy atom. The van der Waals surface area contributed by atoms with Crippen LogP contribution in [-0.4, -0.2) is 29.1 Å². The molecule has 4 rings (SSSR count). The highest BCUT2D eigenvalue weighted by Gasteiger charge is 2.42. The summed E-state index contributed by atoms with van der Waals surface area (Å²) in [5, 5.41) is 1.91. The molecule has 1 spiro atoms. The largest absolute Gasteiger partial charge is 0.355 e. The van der Waals surface area contributed by atoms with Crippen LogP contribution in [0.3, 0.4) is 0 Å². The van der Waals surface area contributed by atoms with Crippen molar-refractivity contribution < 1.29 is 0 Å². The van der Waals surface area contributed by atoms with E-state index in [1.54, 1.807) is 6.07 Å². The van der Waals surface area contributed by atoms with Gasteiger partial charge in [0, 0.05) is 24.0 Å². The second kappa shape index (κ2) is 7.55. The minimum atomic E-state index is 0.364. The number of benzene rings is 1. The van der Waals surface area contributed by atoms with Gasteiger partial charge in [-0.1, -0.05) is 47.5 Å². The Kier molecular flexibility index (Phi) is 5.33. The van der Waals surface area contributed by atoms with E-state index in [-0.39, 0.29) is 0 Å². The van der Waals surface area contributed by atoms with Crippen molar-refractivity contribution in [2.24, 2.45) is 11.1 Å². The number of hydrogen-bond donors (Lipinski definition) is 1. The maximum Gasteiger partial charge on any atom is 0.147 e. The third-order valence-electron chi connectivity index (χ3n) is 5.80. The van der Waals surface area contributed by atoms with E-state index < -0.39 is 0 Å². The molecule has 1 aliphatic heterocycles. The third kappa shape index (κ3) is 3.55. The molecule has 1 saturated carbocycles. The van der Waals surface area contributed by atoms with Crippen LogP contribution in [0.5, 0.6) is 0 Å². The second-order valence-electron chi connectivity index (χ2n) is 7.21. The van der Waals surface area contributed by atoms with Gasteiger partial charge in [-0.2, -0.15) is 0 Å². The molecule has 0 unspecified atom stereocenters. The zero-order valence-corrected chi connectivity index (χ0v) is 16.8. The zero-order chi connectivity index (χ0) is 18.1. The molecule has 2 fully saturated rings. The van der Waals surface area contributed by atoms with Crippen molar-refractivity contribution in [1.29, 1.82) is 0 Å². The Bertz CT molecular complexity index is 776. The lowest BCUT2D eigenvalue weighted by molar-refractivity contribution is 0.197. The van der Waals surface area contributed by atoms with E-state index in [1.165, 1.54) is 31.0 Å². The molecule has 1 atom stereocenters. The van der Waals surface area contributed by atoms with Gasteiger partial charge in [0.1, 0.15) is 10.8 Å². The molecule has 1 aromatic heterocycles. The molecule has 1 aliphatic carbocycles.